The Morgan fingerprint density at radius 1 is 1.42 bits per heavy atom. The zero-order chi connectivity index (χ0) is 14.0. The second-order valence-corrected chi connectivity index (χ2v) is 7.58. The van der Waals surface area contributed by atoms with Crippen molar-refractivity contribution in [2.24, 2.45) is 0 Å². The van der Waals surface area contributed by atoms with E-state index in [1.54, 1.807) is 12.1 Å². The van der Waals surface area contributed by atoms with Crippen LogP contribution in [0.5, 0.6) is 0 Å². The fraction of sp³-hybridized carbons (Fsp3) is 0.538. The van der Waals surface area contributed by atoms with Gasteiger partial charge in [-0.05, 0) is 44.6 Å². The van der Waals surface area contributed by atoms with E-state index in [0.717, 1.165) is 25.9 Å². The van der Waals surface area contributed by atoms with Gasteiger partial charge in [0.15, 0.2) is 9.84 Å². The minimum Gasteiger partial charge on any atom is -0.380 e. The average Bonchev–Trinajstić information content (AvgIpc) is 2.30. The van der Waals surface area contributed by atoms with Gasteiger partial charge in [-0.2, -0.15) is 0 Å². The van der Waals surface area contributed by atoms with Crippen molar-refractivity contribution >= 4 is 27.1 Å². The van der Waals surface area contributed by atoms with Gasteiger partial charge in [0.1, 0.15) is 0 Å². The molecule has 1 unspecified atom stereocenters. The molecule has 1 atom stereocenters. The Labute approximate surface area is 119 Å². The van der Waals surface area contributed by atoms with Crippen molar-refractivity contribution in [2.75, 3.05) is 31.7 Å². The van der Waals surface area contributed by atoms with Crippen LogP contribution in [0.25, 0.3) is 0 Å². The molecule has 1 heterocycles. The van der Waals surface area contributed by atoms with Gasteiger partial charge in [0, 0.05) is 18.8 Å². The van der Waals surface area contributed by atoms with E-state index in [9.17, 15) is 8.42 Å². The topological polar surface area (TPSA) is 49.4 Å². The molecule has 1 N–H and O–H groups in total. The minimum atomic E-state index is -3.20. The molecule has 0 amide bonds. The molecule has 0 aromatic heterocycles. The summed E-state index contributed by atoms with van der Waals surface area (Å²) >= 11 is 6.13. The summed E-state index contributed by atoms with van der Waals surface area (Å²) in [5, 5.41) is 3.91. The maximum atomic E-state index is 11.6. The first-order valence-electron chi connectivity index (χ1n) is 6.31. The van der Waals surface area contributed by atoms with Gasteiger partial charge in [-0.1, -0.05) is 11.6 Å². The highest BCUT2D eigenvalue weighted by molar-refractivity contribution is 7.90. The third kappa shape index (κ3) is 3.84. The quantitative estimate of drug-likeness (QED) is 0.930. The summed E-state index contributed by atoms with van der Waals surface area (Å²) in [5.41, 5.74) is 0.699. The number of hydrogen-bond acceptors (Lipinski definition) is 4. The van der Waals surface area contributed by atoms with Gasteiger partial charge in [0.2, 0.25) is 0 Å². The van der Waals surface area contributed by atoms with E-state index in [1.165, 1.54) is 12.3 Å². The summed E-state index contributed by atoms with van der Waals surface area (Å²) in [4.78, 5) is 2.55. The number of likely N-dealkylation sites (N-methyl/N-ethyl adjacent to an activating group) is 1. The van der Waals surface area contributed by atoms with Crippen LogP contribution >= 0.6 is 11.6 Å². The van der Waals surface area contributed by atoms with Gasteiger partial charge < -0.3 is 10.2 Å². The molecule has 1 saturated heterocycles. The summed E-state index contributed by atoms with van der Waals surface area (Å²) in [6.45, 7) is 2.05. The fourth-order valence-corrected chi connectivity index (χ4v) is 3.17. The first-order chi connectivity index (χ1) is 8.86. The lowest BCUT2D eigenvalue weighted by atomic mass is 10.1. The molecule has 1 aliphatic heterocycles. The standard InChI is InChI=1S/C13H19ClN2O2S/c1-16-7-3-4-10(9-16)15-13-8-11(19(2,17)18)5-6-12(13)14/h5-6,8,10,15H,3-4,7,9H2,1-2H3. The van der Waals surface area contributed by atoms with Gasteiger partial charge in [-0.25, -0.2) is 8.42 Å². The third-order valence-corrected chi connectivity index (χ3v) is 4.79. The van der Waals surface area contributed by atoms with Crippen molar-refractivity contribution in [3.63, 3.8) is 0 Å². The van der Waals surface area contributed by atoms with Crippen molar-refractivity contribution < 1.29 is 8.42 Å². The molecule has 0 spiro atoms. The molecule has 0 saturated carbocycles. The second-order valence-electron chi connectivity index (χ2n) is 5.16. The maximum absolute atomic E-state index is 11.6. The molecule has 0 bridgehead atoms. The molecule has 1 aromatic carbocycles. The normalized spacial score (nSPS) is 21.3. The largest absolute Gasteiger partial charge is 0.380 e. The maximum Gasteiger partial charge on any atom is 0.175 e. The van der Waals surface area contributed by atoms with Crippen LogP contribution in [0.2, 0.25) is 5.02 Å². The molecule has 106 valence electrons. The molecule has 0 radical (unpaired) electrons. The van der Waals surface area contributed by atoms with Crippen LogP contribution in [0.3, 0.4) is 0 Å². The van der Waals surface area contributed by atoms with E-state index >= 15 is 0 Å². The molecule has 19 heavy (non-hydrogen) atoms. The highest BCUT2D eigenvalue weighted by Crippen LogP contribution is 2.27. The van der Waals surface area contributed by atoms with Gasteiger partial charge in [-0.15, -0.1) is 0 Å². The van der Waals surface area contributed by atoms with Crippen LogP contribution in [-0.4, -0.2) is 45.8 Å². The monoisotopic (exact) mass is 302 g/mol. The van der Waals surface area contributed by atoms with Crippen molar-refractivity contribution in [1.82, 2.24) is 4.90 Å². The highest BCUT2D eigenvalue weighted by Gasteiger charge is 2.18. The zero-order valence-electron chi connectivity index (χ0n) is 11.2. The number of piperidine rings is 1. The lowest BCUT2D eigenvalue weighted by molar-refractivity contribution is 0.261. The first kappa shape index (κ1) is 14.6. The number of rotatable bonds is 3. The number of hydrogen-bond donors (Lipinski definition) is 1. The van der Waals surface area contributed by atoms with E-state index in [2.05, 4.69) is 17.3 Å². The molecule has 1 aromatic rings. The molecule has 0 aliphatic carbocycles. The number of nitrogens with zero attached hydrogens (tertiary/aromatic N) is 1. The van der Waals surface area contributed by atoms with Crippen LogP contribution < -0.4 is 5.32 Å². The van der Waals surface area contributed by atoms with Crippen LogP contribution in [0.15, 0.2) is 23.1 Å². The van der Waals surface area contributed by atoms with Crippen molar-refractivity contribution in [3.05, 3.63) is 23.2 Å². The Morgan fingerprint density at radius 3 is 2.79 bits per heavy atom. The molecular weight excluding hydrogens is 284 g/mol. The summed E-state index contributed by atoms with van der Waals surface area (Å²) in [6.07, 6.45) is 3.41. The molecular formula is C13H19ClN2O2S. The number of nitrogens with one attached hydrogen (secondary N) is 1. The smallest absolute Gasteiger partial charge is 0.175 e. The Morgan fingerprint density at radius 2 is 2.16 bits per heavy atom. The number of likely N-dealkylation sites (tertiary alicyclic amines) is 1. The van der Waals surface area contributed by atoms with Crippen LogP contribution in [0.1, 0.15) is 12.8 Å². The van der Waals surface area contributed by atoms with E-state index in [4.69, 9.17) is 11.6 Å². The van der Waals surface area contributed by atoms with Gasteiger partial charge in [0.05, 0.1) is 15.6 Å². The van der Waals surface area contributed by atoms with Crippen LogP contribution in [-0.2, 0) is 9.84 Å². The predicted octanol–water partition coefficient (Wildman–Crippen LogP) is 2.25. The second kappa shape index (κ2) is 5.69. The zero-order valence-corrected chi connectivity index (χ0v) is 12.8. The number of sulfone groups is 1. The average molecular weight is 303 g/mol. The van der Waals surface area contributed by atoms with Gasteiger partial charge in [-0.3, -0.25) is 0 Å². The van der Waals surface area contributed by atoms with E-state index in [1.807, 2.05) is 0 Å². The number of anilines is 1. The summed E-state index contributed by atoms with van der Waals surface area (Å²) in [6, 6.07) is 5.10. The first-order valence-corrected chi connectivity index (χ1v) is 8.58. The number of halogens is 1. The number of benzene rings is 1. The van der Waals surface area contributed by atoms with E-state index < -0.39 is 9.84 Å². The third-order valence-electron chi connectivity index (χ3n) is 3.35. The Bertz CT molecular complexity index is 560. The molecule has 4 nitrogen and oxygen atoms in total. The lowest BCUT2D eigenvalue weighted by Gasteiger charge is -2.31. The predicted molar refractivity (Wildman–Crippen MR) is 78.7 cm³/mol. The Hall–Kier alpha value is -0.780. The van der Waals surface area contributed by atoms with Gasteiger partial charge >= 0.3 is 0 Å². The SMILES string of the molecule is CN1CCCC(Nc2cc(S(C)(=O)=O)ccc2Cl)C1. The molecule has 1 fully saturated rings. The van der Waals surface area contributed by atoms with E-state index in [-0.39, 0.29) is 0 Å². The van der Waals surface area contributed by atoms with E-state index in [0.29, 0.717) is 21.6 Å². The van der Waals surface area contributed by atoms with Crippen molar-refractivity contribution in [3.8, 4) is 0 Å². The van der Waals surface area contributed by atoms with Gasteiger partial charge in [0.25, 0.3) is 0 Å². The van der Waals surface area contributed by atoms with Crippen molar-refractivity contribution in [1.29, 1.82) is 0 Å². The summed E-state index contributed by atoms with van der Waals surface area (Å²) in [7, 11) is -1.12. The van der Waals surface area contributed by atoms with Crippen LogP contribution in [0.4, 0.5) is 5.69 Å². The minimum absolute atomic E-state index is 0.295. The van der Waals surface area contributed by atoms with Crippen LogP contribution in [0, 0.1) is 0 Å². The Kier molecular flexibility index (Phi) is 4.38. The fourth-order valence-electron chi connectivity index (χ4n) is 2.35. The molecule has 6 heteroatoms. The molecule has 2 rings (SSSR count). The molecule has 1 aliphatic rings. The Balaban J connectivity index is 2.19. The summed E-state index contributed by atoms with van der Waals surface area (Å²) in [5.74, 6) is 0. The lowest BCUT2D eigenvalue weighted by Crippen LogP contribution is -2.39. The van der Waals surface area contributed by atoms with Crippen molar-refractivity contribution in [2.45, 2.75) is 23.8 Å². The highest BCUT2D eigenvalue weighted by atomic mass is 35.5. The summed E-state index contributed by atoms with van der Waals surface area (Å²) < 4.78 is 23.1.